The zero-order chi connectivity index (χ0) is 7.49. The summed E-state index contributed by atoms with van der Waals surface area (Å²) in [5.41, 5.74) is 4.87. The first kappa shape index (κ1) is 13.7. The second kappa shape index (κ2) is 5.73. The molecule has 0 atom stereocenters. The minimum Gasteiger partial charge on any atom is -1.00 e. The van der Waals surface area contributed by atoms with Crippen molar-refractivity contribution in [1.82, 2.24) is 5.32 Å². The first-order chi connectivity index (χ1) is 3.92. The van der Waals surface area contributed by atoms with E-state index in [1.54, 1.807) is 0 Å². The van der Waals surface area contributed by atoms with Gasteiger partial charge < -0.3 is 12.5 Å². The van der Waals surface area contributed by atoms with Gasteiger partial charge in [-0.3, -0.25) is 0 Å². The number of primary amides is 1. The molecule has 0 spiro atoms. The van der Waals surface area contributed by atoms with Crippen LogP contribution in [0.2, 0.25) is 19.6 Å². The Labute approximate surface area is 107 Å². The van der Waals surface area contributed by atoms with E-state index in [4.69, 9.17) is 5.73 Å². The molecule has 0 heterocycles. The predicted molar refractivity (Wildman–Crippen MR) is 42.0 cm³/mol. The number of carbonyl (C=O) groups excluding carboxylic acids is 1. The molecular formula is C5H15KN2OSi. The fourth-order valence-corrected chi connectivity index (χ4v) is 1.06. The normalized spacial score (nSPS) is 9.90. The number of hydrogen-bond donors (Lipinski definition) is 2. The maximum atomic E-state index is 10.2. The number of urea groups is 1. The van der Waals surface area contributed by atoms with E-state index in [1.807, 2.05) is 0 Å². The van der Waals surface area contributed by atoms with Gasteiger partial charge in [0.05, 0.1) is 8.07 Å². The van der Waals surface area contributed by atoms with Crippen molar-refractivity contribution in [3.63, 3.8) is 0 Å². The van der Waals surface area contributed by atoms with Crippen LogP contribution in [-0.2, 0) is 0 Å². The zero-order valence-electron chi connectivity index (χ0n) is 8.19. The van der Waals surface area contributed by atoms with Gasteiger partial charge in [-0.15, -0.1) is 0 Å². The second-order valence-electron chi connectivity index (χ2n) is 3.28. The van der Waals surface area contributed by atoms with E-state index < -0.39 is 14.1 Å². The van der Waals surface area contributed by atoms with Crippen molar-refractivity contribution in [2.24, 2.45) is 5.73 Å². The predicted octanol–water partition coefficient (Wildman–Crippen LogP) is -2.35. The Hall–Kier alpha value is 1.12. The molecule has 0 fully saturated rings. The fraction of sp³-hybridized carbons (Fsp3) is 0.800. The van der Waals surface area contributed by atoms with Crippen LogP contribution in [0.25, 0.3) is 0 Å². The molecule has 0 bridgehead atoms. The molecule has 0 aliphatic heterocycles. The van der Waals surface area contributed by atoms with Gasteiger partial charge in [0.1, 0.15) is 0 Å². The monoisotopic (exact) mass is 186 g/mol. The van der Waals surface area contributed by atoms with Crippen LogP contribution in [0.5, 0.6) is 0 Å². The van der Waals surface area contributed by atoms with Gasteiger partial charge in [-0.2, -0.15) is 0 Å². The molecule has 0 aromatic heterocycles. The molecule has 56 valence electrons. The van der Waals surface area contributed by atoms with Crippen LogP contribution in [0, 0.1) is 0 Å². The van der Waals surface area contributed by atoms with Crippen molar-refractivity contribution in [3.8, 4) is 0 Å². The van der Waals surface area contributed by atoms with Crippen LogP contribution in [0.3, 0.4) is 0 Å². The Bertz CT molecular complexity index is 118. The van der Waals surface area contributed by atoms with E-state index in [0.29, 0.717) is 0 Å². The molecule has 0 rings (SSSR count). The largest absolute Gasteiger partial charge is 1.00 e. The molecule has 0 aromatic rings. The molecule has 0 aliphatic rings. The summed E-state index contributed by atoms with van der Waals surface area (Å²) >= 11 is 0. The smallest absolute Gasteiger partial charge is 1.00 e. The van der Waals surface area contributed by atoms with Crippen molar-refractivity contribution in [2.45, 2.75) is 19.6 Å². The first-order valence-electron chi connectivity index (χ1n) is 2.95. The summed E-state index contributed by atoms with van der Waals surface area (Å²) in [6.45, 7) is 6.51. The molecule has 3 nitrogen and oxygen atoms in total. The summed E-state index contributed by atoms with van der Waals surface area (Å²) in [5, 5.41) is 2.59. The fourth-order valence-electron chi connectivity index (χ4n) is 0.352. The molecule has 0 aromatic carbocycles. The van der Waals surface area contributed by atoms with Crippen molar-refractivity contribution in [1.29, 1.82) is 0 Å². The summed E-state index contributed by atoms with van der Waals surface area (Å²) in [5.74, 6) is 0. The number of amides is 2. The molecular weight excluding hydrogens is 171 g/mol. The molecule has 10 heavy (non-hydrogen) atoms. The molecule has 0 saturated heterocycles. The van der Waals surface area contributed by atoms with Crippen LogP contribution in [0.4, 0.5) is 4.79 Å². The van der Waals surface area contributed by atoms with Gasteiger partial charge in [-0.1, -0.05) is 19.6 Å². The number of carbonyl (C=O) groups is 1. The minimum atomic E-state index is -1.13. The van der Waals surface area contributed by atoms with Gasteiger partial charge in [-0.05, 0) is 0 Å². The third-order valence-electron chi connectivity index (χ3n) is 0.793. The van der Waals surface area contributed by atoms with Crippen LogP contribution < -0.4 is 62.4 Å². The van der Waals surface area contributed by atoms with Crippen molar-refractivity contribution < 1.29 is 57.6 Å². The van der Waals surface area contributed by atoms with E-state index in [1.165, 1.54) is 0 Å². The van der Waals surface area contributed by atoms with Gasteiger partial charge in [0.25, 0.3) is 0 Å². The average molecular weight is 186 g/mol. The van der Waals surface area contributed by atoms with Crippen molar-refractivity contribution in [3.05, 3.63) is 0 Å². The first-order valence-corrected chi connectivity index (χ1v) is 6.66. The number of rotatable bonds is 2. The van der Waals surface area contributed by atoms with Gasteiger partial charge in [0.15, 0.2) is 0 Å². The third-order valence-corrected chi connectivity index (χ3v) is 2.03. The van der Waals surface area contributed by atoms with Gasteiger partial charge in [-0.25, -0.2) is 4.79 Å². The van der Waals surface area contributed by atoms with Crippen LogP contribution >= 0.6 is 0 Å². The molecule has 5 heteroatoms. The molecule has 2 amide bonds. The Morgan fingerprint density at radius 3 is 2.10 bits per heavy atom. The van der Waals surface area contributed by atoms with Gasteiger partial charge in [0.2, 0.25) is 0 Å². The van der Waals surface area contributed by atoms with Crippen LogP contribution in [-0.4, -0.2) is 20.3 Å². The summed E-state index contributed by atoms with van der Waals surface area (Å²) < 4.78 is 0. The number of hydrogen-bond acceptors (Lipinski definition) is 1. The molecule has 0 unspecified atom stereocenters. The summed E-state index contributed by atoms with van der Waals surface area (Å²) in [6, 6.07) is -0.419. The van der Waals surface area contributed by atoms with Gasteiger partial charge >= 0.3 is 57.4 Å². The topological polar surface area (TPSA) is 55.1 Å². The SMILES string of the molecule is C[Si](C)(C)CNC(N)=O.[H-].[K+]. The Morgan fingerprint density at radius 2 is 2.00 bits per heavy atom. The van der Waals surface area contributed by atoms with E-state index in [0.717, 1.165) is 6.17 Å². The zero-order valence-corrected chi connectivity index (χ0v) is 11.3. The Morgan fingerprint density at radius 1 is 1.60 bits per heavy atom. The summed E-state index contributed by atoms with van der Waals surface area (Å²) in [4.78, 5) is 10.2. The number of nitrogens with one attached hydrogen (secondary N) is 1. The second-order valence-corrected chi connectivity index (χ2v) is 8.75. The van der Waals surface area contributed by atoms with E-state index >= 15 is 0 Å². The van der Waals surface area contributed by atoms with Crippen molar-refractivity contribution in [2.75, 3.05) is 6.17 Å². The van der Waals surface area contributed by atoms with E-state index in [9.17, 15) is 4.79 Å². The summed E-state index contributed by atoms with van der Waals surface area (Å²) in [6.07, 6.45) is 0.766. The Kier molecular flexibility index (Phi) is 7.85. The van der Waals surface area contributed by atoms with Crippen LogP contribution in [0.1, 0.15) is 1.43 Å². The van der Waals surface area contributed by atoms with Crippen LogP contribution in [0.15, 0.2) is 0 Å². The quantitative estimate of drug-likeness (QED) is 0.466. The Balaban J connectivity index is -0.000000320. The molecule has 0 radical (unpaired) electrons. The summed E-state index contributed by atoms with van der Waals surface area (Å²) in [7, 11) is -1.13. The van der Waals surface area contributed by atoms with E-state index in [-0.39, 0.29) is 52.8 Å². The average Bonchev–Trinajstić information content (AvgIpc) is 1.59. The maximum Gasteiger partial charge on any atom is 1.00 e. The van der Waals surface area contributed by atoms with Crippen molar-refractivity contribution >= 4 is 14.1 Å². The standard InChI is InChI=1S/C5H14N2OSi.K.H/c1-9(2,3)4-7-5(6)8;;/h4H2,1-3H3,(H3,6,7,8);;/q;+1;-1. The minimum absolute atomic E-state index is 0. The molecule has 3 N–H and O–H groups in total. The maximum absolute atomic E-state index is 10.2. The van der Waals surface area contributed by atoms with E-state index in [2.05, 4.69) is 25.0 Å². The van der Waals surface area contributed by atoms with Gasteiger partial charge in [0, 0.05) is 6.17 Å². The molecule has 0 aliphatic carbocycles. The third kappa shape index (κ3) is 11.9. The number of nitrogens with two attached hydrogens (primary N) is 1. The molecule has 0 saturated carbocycles.